The number of hydrogen-bond donors (Lipinski definition) is 1. The Hall–Kier alpha value is -1.55. The maximum absolute atomic E-state index is 5.82. The lowest BCUT2D eigenvalue weighted by Gasteiger charge is -2.27. The van der Waals surface area contributed by atoms with E-state index in [4.69, 9.17) is 4.74 Å². The number of benzene rings is 1. The predicted octanol–water partition coefficient (Wildman–Crippen LogP) is 2.05. The molecule has 0 aliphatic carbocycles. The van der Waals surface area contributed by atoms with E-state index in [2.05, 4.69) is 34.4 Å². The van der Waals surface area contributed by atoms with E-state index in [0.717, 1.165) is 32.0 Å². The Balaban J connectivity index is 1.96. The molecule has 1 atom stereocenters. The van der Waals surface area contributed by atoms with E-state index in [0.29, 0.717) is 6.61 Å². The molecule has 19 heavy (non-hydrogen) atoms. The van der Waals surface area contributed by atoms with Crippen LogP contribution in [0.25, 0.3) is 0 Å². The van der Waals surface area contributed by atoms with Crippen molar-refractivity contribution >= 4 is 5.96 Å². The van der Waals surface area contributed by atoms with Crippen molar-refractivity contribution in [1.29, 1.82) is 0 Å². The fourth-order valence-corrected chi connectivity index (χ4v) is 2.24. The van der Waals surface area contributed by atoms with Crippen LogP contribution in [0.1, 0.15) is 25.0 Å². The van der Waals surface area contributed by atoms with Crippen LogP contribution in [0.5, 0.6) is 0 Å². The van der Waals surface area contributed by atoms with Gasteiger partial charge in [0, 0.05) is 33.3 Å². The van der Waals surface area contributed by atoms with Gasteiger partial charge in [-0.1, -0.05) is 30.3 Å². The van der Waals surface area contributed by atoms with Crippen molar-refractivity contribution in [3.63, 3.8) is 0 Å². The van der Waals surface area contributed by atoms with Gasteiger partial charge in [0.2, 0.25) is 0 Å². The first-order valence-corrected chi connectivity index (χ1v) is 6.97. The summed E-state index contributed by atoms with van der Waals surface area (Å²) in [4.78, 5) is 6.68. The first-order valence-electron chi connectivity index (χ1n) is 6.97. The maximum Gasteiger partial charge on any atom is 0.193 e. The third-order valence-electron chi connectivity index (χ3n) is 3.26. The largest absolute Gasteiger partial charge is 0.372 e. The van der Waals surface area contributed by atoms with E-state index in [1.54, 1.807) is 0 Å². The van der Waals surface area contributed by atoms with Gasteiger partial charge >= 0.3 is 0 Å². The molecule has 0 bridgehead atoms. The molecule has 1 aliphatic rings. The molecule has 1 unspecified atom stereocenters. The minimum absolute atomic E-state index is 0.0734. The Labute approximate surface area is 115 Å². The second kappa shape index (κ2) is 7.14. The van der Waals surface area contributed by atoms with Crippen molar-refractivity contribution in [2.75, 3.05) is 33.3 Å². The van der Waals surface area contributed by atoms with Crippen molar-refractivity contribution < 1.29 is 4.74 Å². The third kappa shape index (κ3) is 3.96. The average molecular weight is 261 g/mol. The molecule has 1 aliphatic heterocycles. The van der Waals surface area contributed by atoms with E-state index in [9.17, 15) is 0 Å². The Morgan fingerprint density at radius 1 is 1.37 bits per heavy atom. The highest BCUT2D eigenvalue weighted by molar-refractivity contribution is 5.80. The van der Waals surface area contributed by atoms with Crippen LogP contribution >= 0.6 is 0 Å². The van der Waals surface area contributed by atoms with Crippen molar-refractivity contribution in [3.8, 4) is 0 Å². The zero-order chi connectivity index (χ0) is 13.5. The summed E-state index contributed by atoms with van der Waals surface area (Å²) in [6, 6.07) is 10.3. The Bertz CT molecular complexity index is 405. The topological polar surface area (TPSA) is 36.9 Å². The first-order chi connectivity index (χ1) is 9.31. The van der Waals surface area contributed by atoms with E-state index in [1.165, 1.54) is 5.56 Å². The van der Waals surface area contributed by atoms with Gasteiger partial charge in [0.05, 0.1) is 6.10 Å². The number of nitrogens with zero attached hydrogens (tertiary/aromatic N) is 2. The van der Waals surface area contributed by atoms with Crippen LogP contribution in [0, 0.1) is 0 Å². The quantitative estimate of drug-likeness (QED) is 0.881. The lowest BCUT2D eigenvalue weighted by atomic mass is 10.1. The zero-order valence-electron chi connectivity index (χ0n) is 11.8. The smallest absolute Gasteiger partial charge is 0.193 e. The number of aliphatic imine (C=N–C) groups is 1. The van der Waals surface area contributed by atoms with Gasteiger partial charge in [-0.15, -0.1) is 0 Å². The van der Waals surface area contributed by atoms with Crippen LogP contribution in [0.2, 0.25) is 0 Å². The number of hydrogen-bond acceptors (Lipinski definition) is 4. The average Bonchev–Trinajstić information content (AvgIpc) is 2.46. The molecule has 1 heterocycles. The second-order valence-electron chi connectivity index (χ2n) is 4.72. The summed E-state index contributed by atoms with van der Waals surface area (Å²) in [7, 11) is 2.07. The van der Waals surface area contributed by atoms with Crippen LogP contribution in [0.4, 0.5) is 0 Å². The van der Waals surface area contributed by atoms with Gasteiger partial charge in [0.25, 0.3) is 0 Å². The van der Waals surface area contributed by atoms with Crippen LogP contribution in [0.3, 0.4) is 0 Å². The molecule has 1 aromatic rings. The summed E-state index contributed by atoms with van der Waals surface area (Å²) in [5, 5.41) is 3.41. The Kier molecular flexibility index (Phi) is 5.21. The lowest BCUT2D eigenvalue weighted by molar-refractivity contribution is 0.0650. The predicted molar refractivity (Wildman–Crippen MR) is 78.4 cm³/mol. The molecule has 0 spiro atoms. The summed E-state index contributed by atoms with van der Waals surface area (Å²) in [5.74, 6) is 0.979. The minimum Gasteiger partial charge on any atom is -0.372 e. The highest BCUT2D eigenvalue weighted by Gasteiger charge is 2.15. The van der Waals surface area contributed by atoms with Gasteiger partial charge in [-0.3, -0.25) is 4.99 Å². The summed E-state index contributed by atoms with van der Waals surface area (Å²) in [6.45, 7) is 5.47. The summed E-state index contributed by atoms with van der Waals surface area (Å²) >= 11 is 0. The standard InChI is InChI=1S/C15H23N3O/c1-3-19-14(13-8-5-4-6-9-13)12-17-15-16-10-7-11-18(15)2/h4-6,8-9,14H,3,7,10-12H2,1-2H3,(H,16,17). The highest BCUT2D eigenvalue weighted by atomic mass is 16.5. The van der Waals surface area contributed by atoms with Crippen molar-refractivity contribution in [2.45, 2.75) is 19.4 Å². The van der Waals surface area contributed by atoms with Crippen molar-refractivity contribution in [3.05, 3.63) is 35.9 Å². The van der Waals surface area contributed by atoms with Crippen LogP contribution in [-0.4, -0.2) is 44.1 Å². The van der Waals surface area contributed by atoms with Gasteiger partial charge in [-0.05, 0) is 18.9 Å². The van der Waals surface area contributed by atoms with Gasteiger partial charge < -0.3 is 15.0 Å². The molecule has 1 aromatic carbocycles. The van der Waals surface area contributed by atoms with E-state index < -0.39 is 0 Å². The summed E-state index contributed by atoms with van der Waals surface area (Å²) in [5.41, 5.74) is 1.20. The summed E-state index contributed by atoms with van der Waals surface area (Å²) < 4.78 is 5.82. The van der Waals surface area contributed by atoms with E-state index in [1.807, 2.05) is 25.1 Å². The molecule has 0 amide bonds. The van der Waals surface area contributed by atoms with E-state index >= 15 is 0 Å². The van der Waals surface area contributed by atoms with E-state index in [-0.39, 0.29) is 6.10 Å². The minimum atomic E-state index is 0.0734. The maximum atomic E-state index is 5.82. The molecule has 0 fully saturated rings. The van der Waals surface area contributed by atoms with Crippen molar-refractivity contribution in [1.82, 2.24) is 10.2 Å². The number of ether oxygens (including phenoxy) is 1. The normalized spacial score (nSPS) is 16.9. The molecule has 2 rings (SSSR count). The van der Waals surface area contributed by atoms with Gasteiger partial charge in [-0.2, -0.15) is 0 Å². The van der Waals surface area contributed by atoms with Crippen LogP contribution in [-0.2, 0) is 4.74 Å². The molecule has 0 radical (unpaired) electrons. The van der Waals surface area contributed by atoms with Crippen LogP contribution in [0.15, 0.2) is 35.3 Å². The van der Waals surface area contributed by atoms with Crippen LogP contribution < -0.4 is 5.32 Å². The monoisotopic (exact) mass is 261 g/mol. The Morgan fingerprint density at radius 2 is 2.16 bits per heavy atom. The summed E-state index contributed by atoms with van der Waals surface area (Å²) in [6.07, 6.45) is 1.21. The van der Waals surface area contributed by atoms with Gasteiger partial charge in [0.15, 0.2) is 5.96 Å². The highest BCUT2D eigenvalue weighted by Crippen LogP contribution is 2.16. The van der Waals surface area contributed by atoms with Gasteiger partial charge in [0.1, 0.15) is 0 Å². The molecule has 4 nitrogen and oxygen atoms in total. The Morgan fingerprint density at radius 3 is 2.84 bits per heavy atom. The molecular weight excluding hydrogens is 238 g/mol. The fraction of sp³-hybridized carbons (Fsp3) is 0.533. The molecule has 1 N–H and O–H groups in total. The molecular formula is C15H23N3O. The molecule has 0 aromatic heterocycles. The number of rotatable bonds is 5. The molecule has 4 heteroatoms. The molecule has 104 valence electrons. The molecule has 0 saturated heterocycles. The van der Waals surface area contributed by atoms with Crippen molar-refractivity contribution in [2.24, 2.45) is 4.99 Å². The van der Waals surface area contributed by atoms with Gasteiger partial charge in [-0.25, -0.2) is 0 Å². The second-order valence-corrected chi connectivity index (χ2v) is 4.72. The number of guanidine groups is 1. The third-order valence-corrected chi connectivity index (χ3v) is 3.26. The molecule has 0 saturated carbocycles. The first kappa shape index (κ1) is 13.9. The fourth-order valence-electron chi connectivity index (χ4n) is 2.24. The lowest BCUT2D eigenvalue weighted by Crippen LogP contribution is -2.43. The number of nitrogens with one attached hydrogen (secondary N) is 1. The SMILES string of the molecule is CCOC(CNC1=NCCCN1C)c1ccccc1. The zero-order valence-corrected chi connectivity index (χ0v) is 11.8.